The molecule has 0 amide bonds. The van der Waals surface area contributed by atoms with Crippen LogP contribution in [0.3, 0.4) is 0 Å². The highest BCUT2D eigenvalue weighted by molar-refractivity contribution is 5.50. The highest BCUT2D eigenvalue weighted by atomic mass is 16.1. The Balaban J connectivity index is 0. The molecule has 0 spiro atoms. The zero-order valence-corrected chi connectivity index (χ0v) is 6.14. The van der Waals surface area contributed by atoms with E-state index >= 15 is 0 Å². The lowest BCUT2D eigenvalue weighted by molar-refractivity contribution is -0.861. The number of likely N-dealkylation sites (N-methyl/N-ethyl adjacent to an activating group) is 1. The Hall–Kier alpha value is -0.370. The van der Waals surface area contributed by atoms with E-state index in [0.717, 1.165) is 10.8 Å². The average molecular weight is 117 g/mol. The van der Waals surface area contributed by atoms with Crippen LogP contribution < -0.4 is 0 Å². The average Bonchev–Trinajstić information content (AvgIpc) is 1.30. The van der Waals surface area contributed by atoms with E-state index in [-0.39, 0.29) is 7.43 Å². The lowest BCUT2D eigenvalue weighted by Crippen LogP contribution is -2.35. The van der Waals surface area contributed by atoms with Crippen LogP contribution in [-0.4, -0.2) is 38.5 Å². The molecule has 0 aliphatic carbocycles. The molecule has 0 saturated heterocycles. The molecule has 2 nitrogen and oxygen atoms in total. The molecular formula is C6H15NO. The van der Waals surface area contributed by atoms with Crippen LogP contribution in [0.2, 0.25) is 0 Å². The van der Waals surface area contributed by atoms with Gasteiger partial charge < -0.3 is 11.9 Å². The summed E-state index contributed by atoms with van der Waals surface area (Å²) in [5.74, 6) is 0. The highest BCUT2D eigenvalue weighted by Crippen LogP contribution is 1.82. The van der Waals surface area contributed by atoms with E-state index in [4.69, 9.17) is 0 Å². The Bertz CT molecular complexity index is 63.4. The third-order valence-electron chi connectivity index (χ3n) is 0.622. The number of nitrogens with zero attached hydrogens (tertiary/aromatic N) is 1. The summed E-state index contributed by atoms with van der Waals surface area (Å²) >= 11 is 0. The lowest BCUT2D eigenvalue weighted by Gasteiger charge is -2.19. The number of carbonyl (C=O) groups excluding carboxylic acids is 1. The summed E-state index contributed by atoms with van der Waals surface area (Å²) in [6, 6.07) is 0. The predicted molar refractivity (Wildman–Crippen MR) is 35.4 cm³/mol. The van der Waals surface area contributed by atoms with E-state index in [1.807, 2.05) is 21.1 Å². The molecule has 8 heavy (non-hydrogen) atoms. The van der Waals surface area contributed by atoms with E-state index < -0.39 is 0 Å². The van der Waals surface area contributed by atoms with Crippen molar-refractivity contribution in [3.8, 4) is 0 Å². The molecule has 0 unspecified atom stereocenters. The van der Waals surface area contributed by atoms with Gasteiger partial charge >= 0.3 is 0 Å². The third-order valence-corrected chi connectivity index (χ3v) is 0.622. The van der Waals surface area contributed by atoms with Crippen LogP contribution in [-0.2, 0) is 4.79 Å². The van der Waals surface area contributed by atoms with Gasteiger partial charge in [0.15, 0.2) is 6.29 Å². The summed E-state index contributed by atoms with van der Waals surface area (Å²) < 4.78 is 0.726. The van der Waals surface area contributed by atoms with Gasteiger partial charge in [0.2, 0.25) is 0 Å². The summed E-state index contributed by atoms with van der Waals surface area (Å²) in [7, 11) is 5.94. The van der Waals surface area contributed by atoms with Gasteiger partial charge in [-0.05, 0) is 0 Å². The van der Waals surface area contributed by atoms with Gasteiger partial charge in [-0.15, -0.1) is 0 Å². The topological polar surface area (TPSA) is 17.1 Å². The molecule has 0 aromatic carbocycles. The van der Waals surface area contributed by atoms with Crippen LogP contribution in [0.5, 0.6) is 0 Å². The molecule has 0 bridgehead atoms. The zero-order valence-electron chi connectivity index (χ0n) is 6.14. The van der Waals surface area contributed by atoms with Crippen LogP contribution in [0.25, 0.3) is 0 Å². The van der Waals surface area contributed by atoms with Crippen molar-refractivity contribution in [2.45, 2.75) is 0 Å². The lowest BCUT2D eigenvalue weighted by atomic mass is 10.6. The number of rotatable bonds is 2. The fourth-order valence-corrected chi connectivity index (χ4v) is 0.224. The molecule has 0 rings (SSSR count). The van der Waals surface area contributed by atoms with Crippen LogP contribution in [0.15, 0.2) is 0 Å². The van der Waals surface area contributed by atoms with Crippen molar-refractivity contribution >= 4 is 6.29 Å². The molecule has 0 atom stereocenters. The van der Waals surface area contributed by atoms with E-state index in [1.54, 1.807) is 0 Å². The number of aldehydes is 1. The Kier molecular flexibility index (Phi) is 4.77. The summed E-state index contributed by atoms with van der Waals surface area (Å²) in [6.07, 6.45) is 0.931. The maximum absolute atomic E-state index is 9.80. The minimum Gasteiger partial charge on any atom is -0.358 e. The Morgan fingerprint density at radius 2 is 1.75 bits per heavy atom. The van der Waals surface area contributed by atoms with Gasteiger partial charge in [-0.2, -0.15) is 0 Å². The molecule has 0 saturated carbocycles. The molecule has 0 N–H and O–H groups in total. The van der Waals surface area contributed by atoms with Gasteiger partial charge in [0.1, 0.15) is 6.54 Å². The summed E-state index contributed by atoms with van der Waals surface area (Å²) in [6.45, 7) is 0.597. The summed E-state index contributed by atoms with van der Waals surface area (Å²) in [5, 5.41) is 0. The molecule has 2 heteroatoms. The molecule has 0 radical (unpaired) electrons. The van der Waals surface area contributed by atoms with Crippen molar-refractivity contribution < 1.29 is 9.28 Å². The van der Waals surface area contributed by atoms with Crippen LogP contribution in [0.4, 0.5) is 0 Å². The number of hydrogen-bond acceptors (Lipinski definition) is 1. The Labute approximate surface area is 51.7 Å². The van der Waals surface area contributed by atoms with Gasteiger partial charge in [-0.3, -0.25) is 4.79 Å². The highest BCUT2D eigenvalue weighted by Gasteiger charge is 2.01. The molecule has 0 aliphatic rings. The molecule has 0 aliphatic heterocycles. The normalized spacial score (nSPS) is 9.88. The second kappa shape index (κ2) is 3.61. The third kappa shape index (κ3) is 9.16. The molecule has 0 aromatic heterocycles. The molecule has 0 fully saturated rings. The van der Waals surface area contributed by atoms with Crippen molar-refractivity contribution in [1.29, 1.82) is 0 Å². The number of hydrogen-bond donors (Lipinski definition) is 0. The van der Waals surface area contributed by atoms with E-state index in [1.165, 1.54) is 0 Å². The van der Waals surface area contributed by atoms with E-state index in [0.29, 0.717) is 6.54 Å². The molecule has 50 valence electrons. The van der Waals surface area contributed by atoms with Crippen LogP contribution >= 0.6 is 0 Å². The predicted octanol–water partition coefficient (Wildman–Crippen LogP) is 0.342. The Morgan fingerprint density at radius 1 is 1.38 bits per heavy atom. The maximum atomic E-state index is 9.80. The zero-order chi connectivity index (χ0) is 5.91. The van der Waals surface area contributed by atoms with Crippen LogP contribution in [0.1, 0.15) is 0 Å². The fourth-order valence-electron chi connectivity index (χ4n) is 0.224. The van der Waals surface area contributed by atoms with Crippen molar-refractivity contribution in [1.82, 2.24) is 0 Å². The SMILES string of the molecule is C[N+](C)(C)CC=O.[CH3-]. The number of carbonyl (C=O) groups is 1. The summed E-state index contributed by atoms with van der Waals surface area (Å²) in [5.41, 5.74) is 0. The van der Waals surface area contributed by atoms with Crippen molar-refractivity contribution in [2.24, 2.45) is 0 Å². The minimum absolute atomic E-state index is 0. The second-order valence-corrected chi connectivity index (χ2v) is 2.64. The molecular weight excluding hydrogens is 102 g/mol. The van der Waals surface area contributed by atoms with Gasteiger partial charge in [-0.1, -0.05) is 0 Å². The first kappa shape index (κ1) is 10.6. The smallest absolute Gasteiger partial charge is 0.174 e. The van der Waals surface area contributed by atoms with Gasteiger partial charge in [0, 0.05) is 0 Å². The Morgan fingerprint density at radius 3 is 1.75 bits per heavy atom. The van der Waals surface area contributed by atoms with Crippen molar-refractivity contribution in [3.05, 3.63) is 7.43 Å². The maximum Gasteiger partial charge on any atom is 0.174 e. The van der Waals surface area contributed by atoms with E-state index in [2.05, 4.69) is 0 Å². The second-order valence-electron chi connectivity index (χ2n) is 2.64. The van der Waals surface area contributed by atoms with Gasteiger partial charge in [-0.25, -0.2) is 0 Å². The van der Waals surface area contributed by atoms with Gasteiger partial charge in [0.05, 0.1) is 21.1 Å². The van der Waals surface area contributed by atoms with E-state index in [9.17, 15) is 4.79 Å². The monoisotopic (exact) mass is 117 g/mol. The van der Waals surface area contributed by atoms with Crippen LogP contribution in [0, 0.1) is 7.43 Å². The largest absolute Gasteiger partial charge is 0.358 e. The minimum atomic E-state index is 0. The number of quaternary nitrogens is 1. The molecule has 0 aromatic rings. The first-order chi connectivity index (χ1) is 3.06. The molecule has 0 heterocycles. The van der Waals surface area contributed by atoms with Crippen molar-refractivity contribution in [2.75, 3.05) is 27.7 Å². The first-order valence-electron chi connectivity index (χ1n) is 2.30. The standard InChI is InChI=1S/C5H12NO.CH3/c1-6(2,3)4-5-7;/h5H,4H2,1-3H3;1H3/q+1;-1. The van der Waals surface area contributed by atoms with Crippen molar-refractivity contribution in [3.63, 3.8) is 0 Å². The first-order valence-corrected chi connectivity index (χ1v) is 2.30. The van der Waals surface area contributed by atoms with Gasteiger partial charge in [0.25, 0.3) is 0 Å². The quantitative estimate of drug-likeness (QED) is 0.289. The fraction of sp³-hybridized carbons (Fsp3) is 0.667. The summed E-state index contributed by atoms with van der Waals surface area (Å²) in [4.78, 5) is 9.80.